The van der Waals surface area contributed by atoms with Gasteiger partial charge < -0.3 is 19.3 Å². The normalized spacial score (nSPS) is 15.6. The Bertz CT molecular complexity index is 537. The number of halogens is 1. The zero-order valence-electron chi connectivity index (χ0n) is 11.7. The van der Waals surface area contributed by atoms with Crippen molar-refractivity contribution in [1.29, 1.82) is 0 Å². The quantitative estimate of drug-likeness (QED) is 0.875. The summed E-state index contributed by atoms with van der Waals surface area (Å²) < 4.78 is 15.9. The van der Waals surface area contributed by atoms with Crippen LogP contribution >= 0.6 is 11.6 Å². The first-order chi connectivity index (χ1) is 9.49. The number of carboxylic acid groups (broad SMARTS) is 1. The van der Waals surface area contributed by atoms with Gasteiger partial charge in [0.1, 0.15) is 10.8 Å². The molecule has 110 valence electrons. The molecule has 1 aliphatic carbocycles. The highest BCUT2D eigenvalue weighted by Gasteiger charge is 2.49. The smallest absolute Gasteiger partial charge is 0.304 e. The minimum Gasteiger partial charge on any atom is -0.495 e. The molecule has 0 heterocycles. The topological polar surface area (TPSA) is 65.0 Å². The van der Waals surface area contributed by atoms with Gasteiger partial charge in [0.05, 0.1) is 27.8 Å². The van der Waals surface area contributed by atoms with E-state index in [2.05, 4.69) is 0 Å². The number of hydrogen-bond acceptors (Lipinski definition) is 4. The van der Waals surface area contributed by atoms with Crippen molar-refractivity contribution in [3.8, 4) is 17.2 Å². The highest BCUT2D eigenvalue weighted by atomic mass is 35.5. The second-order valence-corrected chi connectivity index (χ2v) is 5.24. The van der Waals surface area contributed by atoms with Gasteiger partial charge >= 0.3 is 5.97 Å². The molecule has 1 N–H and O–H groups in total. The first-order valence-corrected chi connectivity index (χ1v) is 6.57. The summed E-state index contributed by atoms with van der Waals surface area (Å²) in [6.07, 6.45) is 1.64. The van der Waals surface area contributed by atoms with Crippen molar-refractivity contribution in [2.24, 2.45) is 0 Å². The Balaban J connectivity index is 2.58. The predicted octanol–water partition coefficient (Wildman–Crippen LogP) is 2.87. The average Bonchev–Trinajstić information content (AvgIpc) is 3.17. The number of ether oxygens (including phenoxy) is 3. The number of methoxy groups -OCH3 is 3. The third kappa shape index (κ3) is 2.38. The number of hydrogen-bond donors (Lipinski definition) is 1. The maximum absolute atomic E-state index is 11.1. The molecule has 0 atom stereocenters. The van der Waals surface area contributed by atoms with Gasteiger partial charge in [0.15, 0.2) is 11.5 Å². The van der Waals surface area contributed by atoms with Crippen molar-refractivity contribution >= 4 is 17.6 Å². The van der Waals surface area contributed by atoms with Crippen LogP contribution in [0.25, 0.3) is 0 Å². The lowest BCUT2D eigenvalue weighted by Crippen LogP contribution is -2.15. The van der Waals surface area contributed by atoms with E-state index < -0.39 is 11.4 Å². The molecule has 1 saturated carbocycles. The van der Waals surface area contributed by atoms with E-state index in [-0.39, 0.29) is 6.42 Å². The van der Waals surface area contributed by atoms with Gasteiger partial charge in [-0.25, -0.2) is 0 Å². The molecule has 0 amide bonds. The highest BCUT2D eigenvalue weighted by Crippen LogP contribution is 2.58. The second-order valence-electron chi connectivity index (χ2n) is 4.86. The zero-order chi connectivity index (χ0) is 14.9. The third-order valence-corrected chi connectivity index (χ3v) is 4.03. The van der Waals surface area contributed by atoms with Crippen LogP contribution in [0, 0.1) is 0 Å². The van der Waals surface area contributed by atoms with E-state index in [0.717, 1.165) is 18.4 Å². The van der Waals surface area contributed by atoms with Crippen molar-refractivity contribution in [1.82, 2.24) is 0 Å². The molecular formula is C14H17ClO5. The van der Waals surface area contributed by atoms with Gasteiger partial charge in [-0.2, -0.15) is 0 Å². The van der Waals surface area contributed by atoms with E-state index in [0.29, 0.717) is 22.3 Å². The number of aliphatic carboxylic acids is 1. The van der Waals surface area contributed by atoms with Crippen LogP contribution in [0.15, 0.2) is 6.07 Å². The first-order valence-electron chi connectivity index (χ1n) is 6.20. The van der Waals surface area contributed by atoms with Crippen molar-refractivity contribution in [2.45, 2.75) is 24.7 Å². The summed E-state index contributed by atoms with van der Waals surface area (Å²) in [6, 6.07) is 1.76. The SMILES string of the molecule is COc1cc(C2(CC(=O)O)CC2)c(OC)c(Cl)c1OC. The summed E-state index contributed by atoms with van der Waals surface area (Å²) in [5.74, 6) is 0.490. The lowest BCUT2D eigenvalue weighted by molar-refractivity contribution is -0.137. The van der Waals surface area contributed by atoms with Gasteiger partial charge in [0.2, 0.25) is 0 Å². The zero-order valence-corrected chi connectivity index (χ0v) is 12.4. The molecule has 0 bridgehead atoms. The summed E-state index contributed by atoms with van der Waals surface area (Å²) in [4.78, 5) is 11.1. The van der Waals surface area contributed by atoms with Gasteiger partial charge in [-0.05, 0) is 18.9 Å². The number of rotatable bonds is 6. The molecule has 2 rings (SSSR count). The minimum atomic E-state index is -0.838. The van der Waals surface area contributed by atoms with Crippen LogP contribution in [0.4, 0.5) is 0 Å². The summed E-state index contributed by atoms with van der Waals surface area (Å²) >= 11 is 6.29. The summed E-state index contributed by atoms with van der Waals surface area (Å²) in [7, 11) is 4.52. The van der Waals surface area contributed by atoms with Gasteiger partial charge in [0, 0.05) is 11.0 Å². The fraction of sp³-hybridized carbons (Fsp3) is 0.500. The molecule has 1 aliphatic rings. The molecule has 0 spiro atoms. The maximum atomic E-state index is 11.1. The maximum Gasteiger partial charge on any atom is 0.304 e. The minimum absolute atomic E-state index is 0.0508. The Labute approximate surface area is 122 Å². The van der Waals surface area contributed by atoms with Gasteiger partial charge in [-0.3, -0.25) is 4.79 Å². The van der Waals surface area contributed by atoms with Crippen molar-refractivity contribution in [3.63, 3.8) is 0 Å². The summed E-state index contributed by atoms with van der Waals surface area (Å²) in [5, 5.41) is 9.39. The lowest BCUT2D eigenvalue weighted by Gasteiger charge is -2.21. The molecule has 6 heteroatoms. The molecule has 0 saturated heterocycles. The Kier molecular flexibility index (Phi) is 3.99. The van der Waals surface area contributed by atoms with Crippen LogP contribution in [0.5, 0.6) is 17.2 Å². The van der Waals surface area contributed by atoms with Crippen molar-refractivity contribution in [2.75, 3.05) is 21.3 Å². The number of carbonyl (C=O) groups is 1. The van der Waals surface area contributed by atoms with Crippen LogP contribution in [-0.4, -0.2) is 32.4 Å². The van der Waals surface area contributed by atoms with Crippen molar-refractivity contribution in [3.05, 3.63) is 16.7 Å². The Morgan fingerprint density at radius 2 is 1.85 bits per heavy atom. The Morgan fingerprint density at radius 1 is 1.25 bits per heavy atom. The predicted molar refractivity (Wildman–Crippen MR) is 74.3 cm³/mol. The van der Waals surface area contributed by atoms with Gasteiger partial charge in [-0.1, -0.05) is 11.6 Å². The molecule has 5 nitrogen and oxygen atoms in total. The second kappa shape index (κ2) is 5.40. The molecule has 0 radical (unpaired) electrons. The fourth-order valence-electron chi connectivity index (χ4n) is 2.51. The summed E-state index contributed by atoms with van der Waals surface area (Å²) in [6.45, 7) is 0. The molecular weight excluding hydrogens is 284 g/mol. The van der Waals surface area contributed by atoms with E-state index in [1.165, 1.54) is 21.3 Å². The first kappa shape index (κ1) is 14.8. The van der Waals surface area contributed by atoms with Crippen molar-refractivity contribution < 1.29 is 24.1 Å². The van der Waals surface area contributed by atoms with Crippen LogP contribution in [0.3, 0.4) is 0 Å². The van der Waals surface area contributed by atoms with Crippen LogP contribution in [0.1, 0.15) is 24.8 Å². The van der Waals surface area contributed by atoms with Crippen LogP contribution in [0.2, 0.25) is 5.02 Å². The molecule has 20 heavy (non-hydrogen) atoms. The molecule has 1 fully saturated rings. The monoisotopic (exact) mass is 300 g/mol. The summed E-state index contributed by atoms with van der Waals surface area (Å²) in [5.41, 5.74) is 0.352. The Hall–Kier alpha value is -1.62. The van der Waals surface area contributed by atoms with E-state index >= 15 is 0 Å². The average molecular weight is 301 g/mol. The highest BCUT2D eigenvalue weighted by molar-refractivity contribution is 6.34. The van der Waals surface area contributed by atoms with E-state index in [1.807, 2.05) is 0 Å². The van der Waals surface area contributed by atoms with Gasteiger partial charge in [-0.15, -0.1) is 0 Å². The van der Waals surface area contributed by atoms with E-state index in [1.54, 1.807) is 6.07 Å². The molecule has 0 unspecified atom stereocenters. The molecule has 0 aromatic heterocycles. The lowest BCUT2D eigenvalue weighted by atomic mass is 9.91. The molecule has 1 aromatic rings. The number of carboxylic acids is 1. The molecule has 1 aromatic carbocycles. The molecule has 0 aliphatic heterocycles. The van der Waals surface area contributed by atoms with Gasteiger partial charge in [0.25, 0.3) is 0 Å². The number of benzene rings is 1. The largest absolute Gasteiger partial charge is 0.495 e. The van der Waals surface area contributed by atoms with E-state index in [4.69, 9.17) is 30.9 Å². The van der Waals surface area contributed by atoms with E-state index in [9.17, 15) is 4.79 Å². The third-order valence-electron chi connectivity index (χ3n) is 3.69. The van der Waals surface area contributed by atoms with Crippen LogP contribution in [-0.2, 0) is 10.2 Å². The fourth-order valence-corrected chi connectivity index (χ4v) is 2.86. The Morgan fingerprint density at radius 3 is 2.25 bits per heavy atom. The van der Waals surface area contributed by atoms with Crippen LogP contribution < -0.4 is 14.2 Å². The standard InChI is InChI=1S/C14H17ClO5/c1-18-9-6-8(14(4-5-14)7-10(16)17)12(19-2)11(15)13(9)20-3/h6H,4-5,7H2,1-3H3,(H,16,17).